The Morgan fingerprint density at radius 1 is 1.00 bits per heavy atom. The van der Waals surface area contributed by atoms with Crippen LogP contribution in [0.3, 0.4) is 0 Å². The third-order valence-corrected chi connectivity index (χ3v) is 4.63. The number of nitrogens with one attached hydrogen (secondary N) is 2. The number of anilines is 1. The summed E-state index contributed by atoms with van der Waals surface area (Å²) in [7, 11) is 0. The van der Waals surface area contributed by atoms with Crippen LogP contribution in [0.1, 0.15) is 35.7 Å². The maximum Gasteiger partial charge on any atom is 0.338 e. The number of benzene rings is 2. The molecule has 0 radical (unpaired) electrons. The van der Waals surface area contributed by atoms with Gasteiger partial charge in [0.05, 0.1) is 17.8 Å². The summed E-state index contributed by atoms with van der Waals surface area (Å²) >= 11 is 3.32. The van der Waals surface area contributed by atoms with Gasteiger partial charge in [0, 0.05) is 4.47 Å². The van der Waals surface area contributed by atoms with Gasteiger partial charge in [-0.2, -0.15) is 0 Å². The van der Waals surface area contributed by atoms with Crippen LogP contribution in [0, 0.1) is 0 Å². The molecular formula is C21H23BrN2O4. The number of ether oxygens (including phenoxy) is 1. The van der Waals surface area contributed by atoms with E-state index in [4.69, 9.17) is 4.74 Å². The first kappa shape index (κ1) is 21.6. The lowest BCUT2D eigenvalue weighted by atomic mass is 10.1. The van der Waals surface area contributed by atoms with E-state index < -0.39 is 18.5 Å². The fourth-order valence-corrected chi connectivity index (χ4v) is 2.77. The lowest BCUT2D eigenvalue weighted by Crippen LogP contribution is -2.35. The predicted molar refractivity (Wildman–Crippen MR) is 111 cm³/mol. The second kappa shape index (κ2) is 11.2. The van der Waals surface area contributed by atoms with Gasteiger partial charge in [0.25, 0.3) is 5.91 Å². The average Bonchev–Trinajstić information content (AvgIpc) is 2.71. The van der Waals surface area contributed by atoms with Gasteiger partial charge in [-0.25, -0.2) is 4.79 Å². The fraction of sp³-hybridized carbons (Fsp3) is 0.286. The molecule has 0 atom stereocenters. The first-order valence-corrected chi connectivity index (χ1v) is 9.86. The first-order chi connectivity index (χ1) is 13.5. The van der Waals surface area contributed by atoms with Gasteiger partial charge in [-0.1, -0.05) is 37.6 Å². The molecule has 0 saturated carbocycles. The van der Waals surface area contributed by atoms with Crippen LogP contribution in [-0.2, 0) is 20.7 Å². The number of unbranched alkanes of at least 4 members (excludes halogenated alkanes) is 1. The second-order valence-electron chi connectivity index (χ2n) is 6.18. The molecule has 2 N–H and O–H groups in total. The smallest absolute Gasteiger partial charge is 0.338 e. The molecule has 28 heavy (non-hydrogen) atoms. The van der Waals surface area contributed by atoms with Crippen molar-refractivity contribution in [3.8, 4) is 0 Å². The van der Waals surface area contributed by atoms with Gasteiger partial charge < -0.3 is 15.4 Å². The van der Waals surface area contributed by atoms with E-state index in [0.717, 1.165) is 29.3 Å². The monoisotopic (exact) mass is 446 g/mol. The Morgan fingerprint density at radius 3 is 2.39 bits per heavy atom. The van der Waals surface area contributed by atoms with Crippen molar-refractivity contribution in [2.75, 3.05) is 18.5 Å². The molecule has 0 unspecified atom stereocenters. The largest absolute Gasteiger partial charge is 0.452 e. The van der Waals surface area contributed by atoms with Crippen LogP contribution < -0.4 is 10.6 Å². The number of halogens is 1. The van der Waals surface area contributed by atoms with Crippen molar-refractivity contribution in [3.63, 3.8) is 0 Å². The standard InChI is InChI=1S/C21H23BrN2O4/c1-2-3-6-15-9-11-16(12-10-15)21(27)28-14-20(26)23-13-19(25)24-18-8-5-4-7-17(18)22/h4-5,7-12H,2-3,6,13-14H2,1H3,(H,23,26)(H,24,25). The maximum absolute atomic E-state index is 12.0. The topological polar surface area (TPSA) is 84.5 Å². The lowest BCUT2D eigenvalue weighted by Gasteiger charge is -2.09. The van der Waals surface area contributed by atoms with E-state index in [0.29, 0.717) is 11.3 Å². The molecule has 0 saturated heterocycles. The molecule has 2 rings (SSSR count). The highest BCUT2D eigenvalue weighted by atomic mass is 79.9. The highest BCUT2D eigenvalue weighted by Crippen LogP contribution is 2.20. The van der Waals surface area contributed by atoms with E-state index in [1.165, 1.54) is 0 Å². The van der Waals surface area contributed by atoms with Gasteiger partial charge in [0.15, 0.2) is 6.61 Å². The highest BCUT2D eigenvalue weighted by Gasteiger charge is 2.12. The van der Waals surface area contributed by atoms with Crippen molar-refractivity contribution >= 4 is 39.4 Å². The Labute approximate surface area is 172 Å². The van der Waals surface area contributed by atoms with Gasteiger partial charge in [-0.05, 0) is 58.6 Å². The van der Waals surface area contributed by atoms with Crippen LogP contribution in [-0.4, -0.2) is 30.9 Å². The van der Waals surface area contributed by atoms with E-state index in [1.807, 2.05) is 18.2 Å². The van der Waals surface area contributed by atoms with Gasteiger partial charge in [-0.3, -0.25) is 9.59 Å². The van der Waals surface area contributed by atoms with Crippen molar-refractivity contribution < 1.29 is 19.1 Å². The highest BCUT2D eigenvalue weighted by molar-refractivity contribution is 9.10. The number of para-hydroxylation sites is 1. The second-order valence-corrected chi connectivity index (χ2v) is 7.04. The normalized spacial score (nSPS) is 10.2. The summed E-state index contributed by atoms with van der Waals surface area (Å²) in [4.78, 5) is 35.7. The minimum Gasteiger partial charge on any atom is -0.452 e. The molecule has 0 aliphatic heterocycles. The van der Waals surface area contributed by atoms with Crippen LogP contribution in [0.2, 0.25) is 0 Å². The number of hydrogen-bond donors (Lipinski definition) is 2. The van der Waals surface area contributed by atoms with Crippen molar-refractivity contribution in [1.29, 1.82) is 0 Å². The van der Waals surface area contributed by atoms with Gasteiger partial charge in [0.1, 0.15) is 0 Å². The third kappa shape index (κ3) is 7.15. The molecule has 2 amide bonds. The van der Waals surface area contributed by atoms with Crippen LogP contribution in [0.25, 0.3) is 0 Å². The lowest BCUT2D eigenvalue weighted by molar-refractivity contribution is -0.126. The van der Waals surface area contributed by atoms with E-state index >= 15 is 0 Å². The summed E-state index contributed by atoms with van der Waals surface area (Å²) in [5.41, 5.74) is 2.16. The van der Waals surface area contributed by atoms with Crippen molar-refractivity contribution in [2.24, 2.45) is 0 Å². The predicted octanol–water partition coefficient (Wildman–Crippen LogP) is 3.70. The molecule has 0 spiro atoms. The zero-order chi connectivity index (χ0) is 20.4. The number of carbonyl (C=O) groups is 3. The van der Waals surface area contributed by atoms with E-state index in [-0.39, 0.29) is 12.5 Å². The Bertz CT molecular complexity index is 821. The number of aryl methyl sites for hydroxylation is 1. The van der Waals surface area contributed by atoms with Gasteiger partial charge >= 0.3 is 5.97 Å². The van der Waals surface area contributed by atoms with Crippen LogP contribution in [0.5, 0.6) is 0 Å². The maximum atomic E-state index is 12.0. The summed E-state index contributed by atoms with van der Waals surface area (Å²) in [6.07, 6.45) is 3.17. The number of hydrogen-bond acceptors (Lipinski definition) is 4. The number of amides is 2. The molecule has 0 aliphatic rings. The van der Waals surface area contributed by atoms with Crippen molar-refractivity contribution in [2.45, 2.75) is 26.2 Å². The van der Waals surface area contributed by atoms with Crippen LogP contribution >= 0.6 is 15.9 Å². The van der Waals surface area contributed by atoms with E-state index in [2.05, 4.69) is 33.5 Å². The molecule has 2 aromatic carbocycles. The molecule has 0 aliphatic carbocycles. The Hall–Kier alpha value is -2.67. The zero-order valence-corrected chi connectivity index (χ0v) is 17.3. The Kier molecular flexibility index (Phi) is 8.68. The van der Waals surface area contributed by atoms with Crippen LogP contribution in [0.4, 0.5) is 5.69 Å². The molecule has 2 aromatic rings. The summed E-state index contributed by atoms with van der Waals surface area (Å²) in [5, 5.41) is 5.09. The number of rotatable bonds is 9. The third-order valence-electron chi connectivity index (χ3n) is 3.94. The average molecular weight is 447 g/mol. The Morgan fingerprint density at radius 2 is 1.71 bits per heavy atom. The van der Waals surface area contributed by atoms with Gasteiger partial charge in [0.2, 0.25) is 5.91 Å². The molecule has 148 valence electrons. The van der Waals surface area contributed by atoms with Crippen LogP contribution in [0.15, 0.2) is 53.0 Å². The fourth-order valence-electron chi connectivity index (χ4n) is 2.39. The first-order valence-electron chi connectivity index (χ1n) is 9.06. The van der Waals surface area contributed by atoms with Crippen molar-refractivity contribution in [3.05, 3.63) is 64.1 Å². The van der Waals surface area contributed by atoms with Gasteiger partial charge in [-0.15, -0.1) is 0 Å². The summed E-state index contributed by atoms with van der Waals surface area (Å²) in [6, 6.07) is 14.3. The quantitative estimate of drug-likeness (QED) is 0.575. The molecule has 6 nitrogen and oxygen atoms in total. The molecule has 0 fully saturated rings. The molecule has 7 heteroatoms. The molecule has 0 bridgehead atoms. The van der Waals surface area contributed by atoms with E-state index in [9.17, 15) is 14.4 Å². The minimum atomic E-state index is -0.574. The van der Waals surface area contributed by atoms with E-state index in [1.54, 1.807) is 30.3 Å². The summed E-state index contributed by atoms with van der Waals surface area (Å²) in [6.45, 7) is 1.46. The number of carbonyl (C=O) groups excluding carboxylic acids is 3. The molecule has 0 aromatic heterocycles. The Balaban J connectivity index is 1.72. The van der Waals surface area contributed by atoms with Crippen molar-refractivity contribution in [1.82, 2.24) is 5.32 Å². The number of esters is 1. The molecular weight excluding hydrogens is 424 g/mol. The zero-order valence-electron chi connectivity index (χ0n) is 15.7. The summed E-state index contributed by atoms with van der Waals surface area (Å²) in [5.74, 6) is -1.50. The SMILES string of the molecule is CCCCc1ccc(C(=O)OCC(=O)NCC(=O)Nc2ccccc2Br)cc1. The minimum absolute atomic E-state index is 0.218. The molecule has 0 heterocycles. The summed E-state index contributed by atoms with van der Waals surface area (Å²) < 4.78 is 5.73.